The molecule has 0 amide bonds. The van der Waals surface area contributed by atoms with Crippen LogP contribution in [0.5, 0.6) is 0 Å². The molecule has 0 bridgehead atoms. The fourth-order valence-electron chi connectivity index (χ4n) is 1.98. The zero-order valence-electron chi connectivity index (χ0n) is 10.5. The molecule has 0 radical (unpaired) electrons. The van der Waals surface area contributed by atoms with Crippen LogP contribution >= 0.6 is 0 Å². The van der Waals surface area contributed by atoms with Crippen molar-refractivity contribution in [3.8, 4) is 0 Å². The molecule has 1 aliphatic heterocycles. The largest absolute Gasteiger partial charge is 0.417 e. The SMILES string of the molecule is O=S(=O)(NC[C@H]1CCOC1)c1ccccc1C(F)(F)F. The second-order valence-corrected chi connectivity index (χ2v) is 6.31. The van der Waals surface area contributed by atoms with Crippen molar-refractivity contribution in [1.29, 1.82) is 0 Å². The standard InChI is InChI=1S/C12H14F3NO3S/c13-12(14,15)10-3-1-2-4-11(10)20(17,18)16-7-9-5-6-19-8-9/h1-4,9,16H,5-8H2/t9-/m1/s1. The Hall–Kier alpha value is -1.12. The minimum atomic E-state index is -4.71. The van der Waals surface area contributed by atoms with Gasteiger partial charge >= 0.3 is 6.18 Å². The zero-order valence-corrected chi connectivity index (χ0v) is 11.3. The number of alkyl halides is 3. The monoisotopic (exact) mass is 309 g/mol. The summed E-state index contributed by atoms with van der Waals surface area (Å²) in [6.45, 7) is 1.05. The summed E-state index contributed by atoms with van der Waals surface area (Å²) in [6.07, 6.45) is -4.01. The van der Waals surface area contributed by atoms with Gasteiger partial charge in [-0.15, -0.1) is 0 Å². The van der Waals surface area contributed by atoms with Gasteiger partial charge in [-0.3, -0.25) is 0 Å². The van der Waals surface area contributed by atoms with Crippen molar-refractivity contribution in [3.05, 3.63) is 29.8 Å². The van der Waals surface area contributed by atoms with Crippen molar-refractivity contribution < 1.29 is 26.3 Å². The molecule has 1 saturated heterocycles. The van der Waals surface area contributed by atoms with E-state index in [9.17, 15) is 21.6 Å². The lowest BCUT2D eigenvalue weighted by Gasteiger charge is -2.15. The third-order valence-electron chi connectivity index (χ3n) is 3.07. The molecule has 112 valence electrons. The van der Waals surface area contributed by atoms with Crippen LogP contribution in [0.15, 0.2) is 29.2 Å². The Balaban J connectivity index is 2.20. The number of sulfonamides is 1. The summed E-state index contributed by atoms with van der Waals surface area (Å²) in [7, 11) is -4.19. The summed E-state index contributed by atoms with van der Waals surface area (Å²) >= 11 is 0. The van der Waals surface area contributed by atoms with Crippen LogP contribution in [0.1, 0.15) is 12.0 Å². The smallest absolute Gasteiger partial charge is 0.381 e. The van der Waals surface area contributed by atoms with Crippen LogP contribution in [0.2, 0.25) is 0 Å². The average molecular weight is 309 g/mol. The fraction of sp³-hybridized carbons (Fsp3) is 0.500. The third kappa shape index (κ3) is 3.50. The lowest BCUT2D eigenvalue weighted by Crippen LogP contribution is -2.31. The quantitative estimate of drug-likeness (QED) is 0.926. The number of ether oxygens (including phenoxy) is 1. The Kier molecular flexibility index (Phi) is 4.36. The van der Waals surface area contributed by atoms with Gasteiger partial charge in [-0.05, 0) is 24.5 Å². The van der Waals surface area contributed by atoms with Gasteiger partial charge in [0.25, 0.3) is 0 Å². The highest BCUT2D eigenvalue weighted by Crippen LogP contribution is 2.33. The van der Waals surface area contributed by atoms with E-state index in [2.05, 4.69) is 4.72 Å². The van der Waals surface area contributed by atoms with Gasteiger partial charge < -0.3 is 4.74 Å². The lowest BCUT2D eigenvalue weighted by molar-refractivity contribution is -0.139. The zero-order chi connectivity index (χ0) is 14.8. The highest BCUT2D eigenvalue weighted by molar-refractivity contribution is 7.89. The van der Waals surface area contributed by atoms with Crippen LogP contribution in [0.4, 0.5) is 13.2 Å². The molecule has 8 heteroatoms. The Morgan fingerprint density at radius 1 is 1.30 bits per heavy atom. The number of rotatable bonds is 4. The summed E-state index contributed by atoms with van der Waals surface area (Å²) in [5.41, 5.74) is -1.16. The number of nitrogens with one attached hydrogen (secondary N) is 1. The van der Waals surface area contributed by atoms with Gasteiger partial charge in [-0.2, -0.15) is 13.2 Å². The molecule has 1 aromatic rings. The van der Waals surface area contributed by atoms with Gasteiger partial charge in [0.05, 0.1) is 17.1 Å². The molecule has 1 atom stereocenters. The Morgan fingerprint density at radius 3 is 2.60 bits per heavy atom. The van der Waals surface area contributed by atoms with E-state index in [0.29, 0.717) is 19.6 Å². The molecular formula is C12H14F3NO3S. The van der Waals surface area contributed by atoms with Gasteiger partial charge in [0.2, 0.25) is 10.0 Å². The van der Waals surface area contributed by atoms with E-state index in [-0.39, 0.29) is 12.5 Å². The van der Waals surface area contributed by atoms with Crippen molar-refractivity contribution in [3.63, 3.8) is 0 Å². The molecule has 0 spiro atoms. The van der Waals surface area contributed by atoms with Crippen LogP contribution in [-0.4, -0.2) is 28.2 Å². The van der Waals surface area contributed by atoms with Crippen molar-refractivity contribution in [2.24, 2.45) is 5.92 Å². The first-order valence-corrected chi connectivity index (χ1v) is 7.52. The maximum atomic E-state index is 12.8. The van der Waals surface area contributed by atoms with E-state index < -0.39 is 26.7 Å². The van der Waals surface area contributed by atoms with Crippen LogP contribution in [-0.2, 0) is 20.9 Å². The Labute approximate surface area is 115 Å². The average Bonchev–Trinajstić information content (AvgIpc) is 2.89. The summed E-state index contributed by atoms with van der Waals surface area (Å²) in [5.74, 6) is 0.00261. The van der Waals surface area contributed by atoms with Gasteiger partial charge in [-0.1, -0.05) is 12.1 Å². The normalized spacial score (nSPS) is 20.2. The van der Waals surface area contributed by atoms with E-state index in [0.717, 1.165) is 18.2 Å². The first kappa shape index (κ1) is 15.3. The van der Waals surface area contributed by atoms with Crippen molar-refractivity contribution in [2.75, 3.05) is 19.8 Å². The third-order valence-corrected chi connectivity index (χ3v) is 4.55. The molecule has 20 heavy (non-hydrogen) atoms. The molecule has 1 heterocycles. The van der Waals surface area contributed by atoms with Crippen molar-refractivity contribution in [2.45, 2.75) is 17.5 Å². The summed E-state index contributed by atoms with van der Waals surface area (Å²) in [6, 6.07) is 4.14. The lowest BCUT2D eigenvalue weighted by atomic mass is 10.1. The van der Waals surface area contributed by atoms with Crippen LogP contribution in [0.25, 0.3) is 0 Å². The summed E-state index contributed by atoms with van der Waals surface area (Å²) < 4.78 is 69.7. The first-order valence-electron chi connectivity index (χ1n) is 6.04. The van der Waals surface area contributed by atoms with E-state index in [4.69, 9.17) is 4.74 Å². The molecule has 0 aromatic heterocycles. The van der Waals surface area contributed by atoms with Crippen molar-refractivity contribution in [1.82, 2.24) is 4.72 Å². The minimum absolute atomic E-state index is 0.00261. The molecule has 0 aliphatic carbocycles. The van der Waals surface area contributed by atoms with Gasteiger partial charge in [0.15, 0.2) is 0 Å². The molecule has 2 rings (SSSR count). The molecule has 4 nitrogen and oxygen atoms in total. The second-order valence-electron chi connectivity index (χ2n) is 4.58. The van der Waals surface area contributed by atoms with E-state index in [1.165, 1.54) is 6.07 Å². The molecule has 0 unspecified atom stereocenters. The summed E-state index contributed by atoms with van der Waals surface area (Å²) in [5, 5.41) is 0. The van der Waals surface area contributed by atoms with E-state index >= 15 is 0 Å². The molecule has 1 fully saturated rings. The highest BCUT2D eigenvalue weighted by atomic mass is 32.2. The topological polar surface area (TPSA) is 55.4 Å². The minimum Gasteiger partial charge on any atom is -0.381 e. The number of halogens is 3. The maximum absolute atomic E-state index is 12.8. The predicted molar refractivity (Wildman–Crippen MR) is 65.6 cm³/mol. The van der Waals surface area contributed by atoms with Gasteiger partial charge in [0.1, 0.15) is 0 Å². The highest BCUT2D eigenvalue weighted by Gasteiger charge is 2.36. The molecule has 0 saturated carbocycles. The van der Waals surface area contributed by atoms with Crippen LogP contribution < -0.4 is 4.72 Å². The summed E-state index contributed by atoms with van der Waals surface area (Å²) in [4.78, 5) is -0.744. The molecule has 1 aromatic carbocycles. The maximum Gasteiger partial charge on any atom is 0.417 e. The predicted octanol–water partition coefficient (Wildman–Crippen LogP) is 2.02. The van der Waals surface area contributed by atoms with Crippen LogP contribution in [0, 0.1) is 5.92 Å². The molecule has 1 aliphatic rings. The first-order chi connectivity index (χ1) is 9.31. The van der Waals surface area contributed by atoms with Crippen LogP contribution in [0.3, 0.4) is 0 Å². The van der Waals surface area contributed by atoms with E-state index in [1.54, 1.807) is 0 Å². The second kappa shape index (κ2) is 5.71. The fourth-order valence-corrected chi connectivity index (χ4v) is 3.33. The number of hydrogen-bond donors (Lipinski definition) is 1. The number of hydrogen-bond acceptors (Lipinski definition) is 3. The van der Waals surface area contributed by atoms with Gasteiger partial charge in [0, 0.05) is 13.2 Å². The van der Waals surface area contributed by atoms with Crippen molar-refractivity contribution >= 4 is 10.0 Å². The Morgan fingerprint density at radius 2 is 2.00 bits per heavy atom. The van der Waals surface area contributed by atoms with Gasteiger partial charge in [-0.25, -0.2) is 13.1 Å². The number of benzene rings is 1. The molecule has 1 N–H and O–H groups in total. The van der Waals surface area contributed by atoms with E-state index in [1.807, 2.05) is 0 Å². The molecular weight excluding hydrogens is 295 g/mol. The Bertz CT molecular complexity index is 566.